The lowest BCUT2D eigenvalue weighted by Crippen LogP contribution is -2.22. The van der Waals surface area contributed by atoms with Crippen LogP contribution >= 0.6 is 0 Å². The van der Waals surface area contributed by atoms with Crippen molar-refractivity contribution in [1.29, 1.82) is 0 Å². The molecule has 2 aromatic carbocycles. The summed E-state index contributed by atoms with van der Waals surface area (Å²) in [5.41, 5.74) is 7.78. The zero-order chi connectivity index (χ0) is 20.0. The molecule has 3 atom stereocenters. The van der Waals surface area contributed by atoms with Crippen LogP contribution in [0.5, 0.6) is 11.5 Å². The molecule has 0 saturated heterocycles. The summed E-state index contributed by atoms with van der Waals surface area (Å²) in [7, 11) is 0. The van der Waals surface area contributed by atoms with Gasteiger partial charge in [0.1, 0.15) is 23.7 Å². The molecule has 3 heteroatoms. The SMILES string of the molecule is CC(C)n1c2c(c3ccc4c(c31)OC1C=CC=CC41)C=C1c3ccccc3OC1C2. The molecule has 0 saturated carbocycles. The summed E-state index contributed by atoms with van der Waals surface area (Å²) >= 11 is 0. The molecular formula is C27H23NO2. The van der Waals surface area contributed by atoms with Crippen LogP contribution in [0.3, 0.4) is 0 Å². The van der Waals surface area contributed by atoms with Crippen molar-refractivity contribution in [3.05, 3.63) is 83.1 Å². The van der Waals surface area contributed by atoms with Crippen LogP contribution in [-0.2, 0) is 6.42 Å². The van der Waals surface area contributed by atoms with E-state index in [1.54, 1.807) is 0 Å². The highest BCUT2D eigenvalue weighted by atomic mass is 16.5. The molecule has 1 aromatic heterocycles. The number of rotatable bonds is 1. The van der Waals surface area contributed by atoms with Crippen LogP contribution in [0, 0.1) is 0 Å². The van der Waals surface area contributed by atoms with Crippen molar-refractivity contribution in [2.24, 2.45) is 0 Å². The summed E-state index contributed by atoms with van der Waals surface area (Å²) in [6.45, 7) is 4.54. The standard InChI is InChI=1S/C27H23NO2/c1-15(2)28-22-14-25-21(17-8-4-5-9-23(17)29-25)13-20(22)18-11-12-19-16-7-3-6-10-24(16)30-27(19)26(18)28/h3-13,15-16,24-25H,14H2,1-2H3. The Bertz CT molecular complexity index is 1320. The van der Waals surface area contributed by atoms with E-state index >= 15 is 0 Å². The van der Waals surface area contributed by atoms with E-state index < -0.39 is 0 Å². The molecule has 0 spiro atoms. The summed E-state index contributed by atoms with van der Waals surface area (Å²) in [5, 5.41) is 1.29. The van der Waals surface area contributed by atoms with E-state index in [1.165, 1.54) is 38.9 Å². The third-order valence-electron chi connectivity index (χ3n) is 7.00. The first-order valence-corrected chi connectivity index (χ1v) is 10.9. The van der Waals surface area contributed by atoms with Gasteiger partial charge in [0, 0.05) is 51.7 Å². The van der Waals surface area contributed by atoms with Gasteiger partial charge in [-0.2, -0.15) is 0 Å². The van der Waals surface area contributed by atoms with E-state index in [0.29, 0.717) is 12.0 Å². The molecular weight excluding hydrogens is 370 g/mol. The monoisotopic (exact) mass is 393 g/mol. The lowest BCUT2D eigenvalue weighted by Gasteiger charge is -2.22. The summed E-state index contributed by atoms with van der Waals surface area (Å²) in [6.07, 6.45) is 12.1. The molecule has 2 aliphatic carbocycles. The Balaban J connectivity index is 1.50. The Hall–Kier alpha value is -3.20. The van der Waals surface area contributed by atoms with Crippen LogP contribution in [0.2, 0.25) is 0 Å². The van der Waals surface area contributed by atoms with Gasteiger partial charge in [-0.1, -0.05) is 48.6 Å². The second-order valence-electron chi connectivity index (χ2n) is 8.99. The molecule has 4 aliphatic rings. The molecule has 0 radical (unpaired) electrons. The van der Waals surface area contributed by atoms with Crippen molar-refractivity contribution < 1.29 is 9.47 Å². The van der Waals surface area contributed by atoms with E-state index in [-0.39, 0.29) is 12.2 Å². The summed E-state index contributed by atoms with van der Waals surface area (Å²) < 4.78 is 15.4. The van der Waals surface area contributed by atoms with Gasteiger partial charge in [-0.15, -0.1) is 0 Å². The van der Waals surface area contributed by atoms with Gasteiger partial charge in [-0.3, -0.25) is 0 Å². The fraction of sp³-hybridized carbons (Fsp3) is 0.259. The van der Waals surface area contributed by atoms with E-state index in [9.17, 15) is 0 Å². The van der Waals surface area contributed by atoms with Crippen molar-refractivity contribution in [2.75, 3.05) is 0 Å². The molecule has 7 rings (SSSR count). The fourth-order valence-corrected chi connectivity index (χ4v) is 5.76. The number of hydrogen-bond acceptors (Lipinski definition) is 2. The summed E-state index contributed by atoms with van der Waals surface area (Å²) in [4.78, 5) is 0. The first kappa shape index (κ1) is 16.6. The van der Waals surface area contributed by atoms with Gasteiger partial charge >= 0.3 is 0 Å². The van der Waals surface area contributed by atoms with Crippen molar-refractivity contribution in [3.8, 4) is 11.5 Å². The van der Waals surface area contributed by atoms with Gasteiger partial charge in [0.25, 0.3) is 0 Å². The van der Waals surface area contributed by atoms with Crippen LogP contribution in [0.1, 0.15) is 48.2 Å². The number of hydrogen-bond donors (Lipinski definition) is 0. The number of fused-ring (bicyclic) bond motifs is 10. The lowest BCUT2D eigenvalue weighted by atomic mass is 9.89. The Morgan fingerprint density at radius 2 is 1.87 bits per heavy atom. The normalized spacial score (nSPS) is 24.6. The van der Waals surface area contributed by atoms with Gasteiger partial charge in [0.2, 0.25) is 0 Å². The minimum atomic E-state index is 0.0964. The van der Waals surface area contributed by atoms with Crippen molar-refractivity contribution in [2.45, 2.75) is 44.4 Å². The van der Waals surface area contributed by atoms with Crippen molar-refractivity contribution in [3.63, 3.8) is 0 Å². The number of nitrogens with zero attached hydrogens (tertiary/aromatic N) is 1. The largest absolute Gasteiger partial charge is 0.485 e. The van der Waals surface area contributed by atoms with Crippen molar-refractivity contribution >= 4 is 22.6 Å². The molecule has 0 amide bonds. The molecule has 148 valence electrons. The molecule has 3 heterocycles. The Kier molecular flexibility index (Phi) is 3.15. The number of allylic oxidation sites excluding steroid dienone is 2. The van der Waals surface area contributed by atoms with Gasteiger partial charge < -0.3 is 14.0 Å². The van der Waals surface area contributed by atoms with E-state index in [2.05, 4.69) is 85.2 Å². The van der Waals surface area contributed by atoms with Crippen LogP contribution < -0.4 is 9.47 Å². The first-order chi connectivity index (χ1) is 14.7. The molecule has 0 fully saturated rings. The van der Waals surface area contributed by atoms with Gasteiger partial charge in [-0.05, 0) is 32.1 Å². The fourth-order valence-electron chi connectivity index (χ4n) is 5.76. The summed E-state index contributed by atoms with van der Waals surface area (Å²) in [6, 6.07) is 13.3. The van der Waals surface area contributed by atoms with Crippen LogP contribution in [0.25, 0.3) is 22.6 Å². The Morgan fingerprint density at radius 1 is 1.00 bits per heavy atom. The maximum absolute atomic E-state index is 6.53. The third kappa shape index (κ3) is 2.00. The molecule has 2 aliphatic heterocycles. The number of benzene rings is 2. The maximum atomic E-state index is 6.53. The maximum Gasteiger partial charge on any atom is 0.148 e. The van der Waals surface area contributed by atoms with Crippen LogP contribution in [0.4, 0.5) is 0 Å². The first-order valence-electron chi connectivity index (χ1n) is 10.9. The van der Waals surface area contributed by atoms with Gasteiger partial charge in [-0.25, -0.2) is 0 Å². The quantitative estimate of drug-likeness (QED) is 0.502. The average molecular weight is 393 g/mol. The zero-order valence-corrected chi connectivity index (χ0v) is 17.1. The Labute approximate surface area is 175 Å². The number of para-hydroxylation sites is 1. The molecule has 30 heavy (non-hydrogen) atoms. The lowest BCUT2D eigenvalue weighted by molar-refractivity contribution is 0.268. The predicted octanol–water partition coefficient (Wildman–Crippen LogP) is 6.05. The van der Waals surface area contributed by atoms with E-state index in [0.717, 1.165) is 17.9 Å². The third-order valence-corrected chi connectivity index (χ3v) is 7.00. The van der Waals surface area contributed by atoms with E-state index in [4.69, 9.17) is 9.47 Å². The van der Waals surface area contributed by atoms with E-state index in [1.807, 2.05) is 0 Å². The second-order valence-corrected chi connectivity index (χ2v) is 8.99. The van der Waals surface area contributed by atoms with Crippen molar-refractivity contribution in [1.82, 2.24) is 4.57 Å². The Morgan fingerprint density at radius 3 is 2.77 bits per heavy atom. The van der Waals surface area contributed by atoms with Gasteiger partial charge in [0.05, 0.1) is 5.52 Å². The van der Waals surface area contributed by atoms with Gasteiger partial charge in [0.15, 0.2) is 0 Å². The zero-order valence-electron chi connectivity index (χ0n) is 17.1. The molecule has 3 nitrogen and oxygen atoms in total. The average Bonchev–Trinajstić information content (AvgIpc) is 3.40. The minimum absolute atomic E-state index is 0.0964. The highest BCUT2D eigenvalue weighted by Gasteiger charge is 2.38. The topological polar surface area (TPSA) is 23.4 Å². The number of ether oxygens (including phenoxy) is 2. The highest BCUT2D eigenvalue weighted by molar-refractivity contribution is 6.03. The molecule has 0 bridgehead atoms. The molecule has 3 unspecified atom stereocenters. The predicted molar refractivity (Wildman–Crippen MR) is 120 cm³/mol. The molecule has 0 N–H and O–H groups in total. The minimum Gasteiger partial charge on any atom is -0.485 e. The van der Waals surface area contributed by atoms with Crippen LogP contribution in [0.15, 0.2) is 60.7 Å². The summed E-state index contributed by atoms with van der Waals surface area (Å²) in [5.74, 6) is 2.38. The molecule has 3 aromatic rings. The highest BCUT2D eigenvalue weighted by Crippen LogP contribution is 2.51. The number of aromatic nitrogens is 1. The van der Waals surface area contributed by atoms with Crippen LogP contribution in [-0.4, -0.2) is 16.8 Å². The smallest absolute Gasteiger partial charge is 0.148 e. The second kappa shape index (κ2) is 5.69.